The number of carbonyl (C=O) groups is 1. The van der Waals surface area contributed by atoms with Crippen molar-refractivity contribution in [3.05, 3.63) is 12.4 Å². The highest BCUT2D eigenvalue weighted by atomic mass is 35.5. The van der Waals surface area contributed by atoms with Crippen LogP contribution in [0.15, 0.2) is 17.3 Å². The summed E-state index contributed by atoms with van der Waals surface area (Å²) in [7, 11) is -2.11. The van der Waals surface area contributed by atoms with E-state index >= 15 is 0 Å². The van der Waals surface area contributed by atoms with Crippen LogP contribution in [-0.2, 0) is 21.9 Å². The summed E-state index contributed by atoms with van der Waals surface area (Å²) in [6, 6.07) is 0. The van der Waals surface area contributed by atoms with Crippen LogP contribution in [0.25, 0.3) is 0 Å². The molecular weight excluding hydrogens is 330 g/mol. The van der Waals surface area contributed by atoms with Crippen LogP contribution in [0.5, 0.6) is 0 Å². The minimum Gasteiger partial charge on any atom is -0.353 e. The van der Waals surface area contributed by atoms with Crippen LogP contribution in [0.4, 0.5) is 0 Å². The third kappa shape index (κ3) is 5.91. The number of sulfonamides is 1. The first kappa shape index (κ1) is 20.8. The molecule has 0 aliphatic heterocycles. The summed E-state index contributed by atoms with van der Waals surface area (Å²) < 4.78 is 27.4. The minimum atomic E-state index is -3.72. The van der Waals surface area contributed by atoms with E-state index in [1.165, 1.54) is 17.1 Å². The van der Waals surface area contributed by atoms with E-state index < -0.39 is 21.5 Å². The molecule has 0 atom stereocenters. The van der Waals surface area contributed by atoms with Crippen molar-refractivity contribution in [3.8, 4) is 0 Å². The quantitative estimate of drug-likeness (QED) is 0.595. The molecule has 0 aromatic carbocycles. The summed E-state index contributed by atoms with van der Waals surface area (Å²) in [6.45, 7) is 3.87. The zero-order valence-electron chi connectivity index (χ0n) is 13.0. The first-order chi connectivity index (χ1) is 9.72. The highest BCUT2D eigenvalue weighted by Crippen LogP contribution is 2.09. The Morgan fingerprint density at radius 3 is 2.45 bits per heavy atom. The number of rotatable bonds is 8. The zero-order chi connectivity index (χ0) is 16.1. The van der Waals surface area contributed by atoms with E-state index in [0.717, 1.165) is 12.8 Å². The number of nitrogens with one attached hydrogen (secondary N) is 2. The van der Waals surface area contributed by atoms with E-state index in [9.17, 15) is 13.2 Å². The van der Waals surface area contributed by atoms with E-state index in [2.05, 4.69) is 15.1 Å². The zero-order valence-corrected chi connectivity index (χ0v) is 14.6. The van der Waals surface area contributed by atoms with Gasteiger partial charge in [0.05, 0.1) is 12.7 Å². The van der Waals surface area contributed by atoms with Gasteiger partial charge in [-0.1, -0.05) is 13.8 Å². The SMILES string of the molecule is CCC(N)(CC)CNC(=O)CNS(=O)(=O)c1cnn(C)c1.Cl. The first-order valence-corrected chi connectivity index (χ1v) is 8.24. The fraction of sp³-hybridized carbons (Fsp3) is 0.667. The summed E-state index contributed by atoms with van der Waals surface area (Å²) in [5.74, 6) is -0.417. The Morgan fingerprint density at radius 1 is 1.41 bits per heavy atom. The summed E-state index contributed by atoms with van der Waals surface area (Å²) in [5, 5.41) is 6.42. The first-order valence-electron chi connectivity index (χ1n) is 6.76. The van der Waals surface area contributed by atoms with Crippen LogP contribution in [0.1, 0.15) is 26.7 Å². The molecule has 4 N–H and O–H groups in total. The van der Waals surface area contributed by atoms with Gasteiger partial charge in [0.15, 0.2) is 0 Å². The van der Waals surface area contributed by atoms with Crippen LogP contribution in [-0.4, -0.2) is 42.7 Å². The number of hydrogen-bond acceptors (Lipinski definition) is 5. The maximum atomic E-state index is 11.9. The van der Waals surface area contributed by atoms with Gasteiger partial charge in [0.2, 0.25) is 15.9 Å². The number of hydrogen-bond donors (Lipinski definition) is 3. The van der Waals surface area contributed by atoms with Crippen molar-refractivity contribution < 1.29 is 13.2 Å². The van der Waals surface area contributed by atoms with Crippen LogP contribution in [0, 0.1) is 0 Å². The lowest BCUT2D eigenvalue weighted by atomic mass is 9.94. The van der Waals surface area contributed by atoms with Gasteiger partial charge in [-0.05, 0) is 12.8 Å². The second kappa shape index (κ2) is 8.47. The van der Waals surface area contributed by atoms with Gasteiger partial charge < -0.3 is 11.1 Å². The van der Waals surface area contributed by atoms with Crippen molar-refractivity contribution in [2.75, 3.05) is 13.1 Å². The van der Waals surface area contributed by atoms with Crippen molar-refractivity contribution in [1.82, 2.24) is 19.8 Å². The average molecular weight is 354 g/mol. The molecule has 1 aromatic rings. The van der Waals surface area contributed by atoms with Crippen LogP contribution in [0.3, 0.4) is 0 Å². The highest BCUT2D eigenvalue weighted by molar-refractivity contribution is 7.89. The smallest absolute Gasteiger partial charge is 0.244 e. The predicted octanol–water partition coefficient (Wildman–Crippen LogP) is -0.246. The second-order valence-corrected chi connectivity index (χ2v) is 6.79. The molecule has 0 radical (unpaired) electrons. The maximum Gasteiger partial charge on any atom is 0.244 e. The number of aryl methyl sites for hydroxylation is 1. The molecule has 22 heavy (non-hydrogen) atoms. The van der Waals surface area contributed by atoms with Gasteiger partial charge >= 0.3 is 0 Å². The van der Waals surface area contributed by atoms with E-state index in [4.69, 9.17) is 5.73 Å². The van der Waals surface area contributed by atoms with E-state index in [-0.39, 0.29) is 23.8 Å². The van der Waals surface area contributed by atoms with Gasteiger partial charge in [-0.3, -0.25) is 9.48 Å². The van der Waals surface area contributed by atoms with E-state index in [1.807, 2.05) is 13.8 Å². The standard InChI is InChI=1S/C12H23N5O3S.ClH/c1-4-12(13,5-2)9-14-11(18)7-16-21(19,20)10-6-15-17(3)8-10;/h6,8,16H,4-5,7,9,13H2,1-3H3,(H,14,18);1H. The Bertz CT molecular complexity index is 583. The molecule has 0 saturated carbocycles. The lowest BCUT2D eigenvalue weighted by Crippen LogP contribution is -2.50. The third-order valence-electron chi connectivity index (χ3n) is 3.46. The normalized spacial score (nSPS) is 11.8. The van der Waals surface area contributed by atoms with Crippen molar-refractivity contribution in [1.29, 1.82) is 0 Å². The maximum absolute atomic E-state index is 11.9. The molecule has 0 aliphatic rings. The predicted molar refractivity (Wildman–Crippen MR) is 86.2 cm³/mol. The Morgan fingerprint density at radius 2 is 2.00 bits per heavy atom. The molecule has 0 aliphatic carbocycles. The van der Waals surface area contributed by atoms with Crippen LogP contribution in [0.2, 0.25) is 0 Å². The average Bonchev–Trinajstić information content (AvgIpc) is 2.90. The molecule has 0 unspecified atom stereocenters. The third-order valence-corrected chi connectivity index (χ3v) is 4.82. The Balaban J connectivity index is 0.00000441. The van der Waals surface area contributed by atoms with Crippen molar-refractivity contribution in [2.24, 2.45) is 12.8 Å². The molecule has 1 aromatic heterocycles. The topological polar surface area (TPSA) is 119 Å². The summed E-state index contributed by atoms with van der Waals surface area (Å²) >= 11 is 0. The molecule has 0 spiro atoms. The van der Waals surface area contributed by atoms with Crippen molar-refractivity contribution in [2.45, 2.75) is 37.1 Å². The van der Waals surface area contributed by atoms with Gasteiger partial charge in [-0.2, -0.15) is 5.10 Å². The summed E-state index contributed by atoms with van der Waals surface area (Å²) in [6.07, 6.45) is 4.04. The molecule has 1 heterocycles. The van der Waals surface area contributed by atoms with Crippen LogP contribution < -0.4 is 15.8 Å². The van der Waals surface area contributed by atoms with Gasteiger partial charge in [-0.25, -0.2) is 13.1 Å². The monoisotopic (exact) mass is 353 g/mol. The van der Waals surface area contributed by atoms with E-state index in [1.54, 1.807) is 7.05 Å². The fourth-order valence-corrected chi connectivity index (χ4v) is 2.58. The molecule has 1 amide bonds. The Labute approximate surface area is 137 Å². The molecular formula is C12H24ClN5O3S. The lowest BCUT2D eigenvalue weighted by Gasteiger charge is -2.26. The largest absolute Gasteiger partial charge is 0.353 e. The minimum absolute atomic E-state index is 0. The van der Waals surface area contributed by atoms with Crippen molar-refractivity contribution in [3.63, 3.8) is 0 Å². The Kier molecular flexibility index (Phi) is 8.02. The van der Waals surface area contributed by atoms with Crippen molar-refractivity contribution >= 4 is 28.3 Å². The molecule has 0 saturated heterocycles. The second-order valence-electron chi connectivity index (χ2n) is 5.02. The summed E-state index contributed by atoms with van der Waals surface area (Å²) in [5.41, 5.74) is 5.60. The molecule has 10 heteroatoms. The van der Waals surface area contributed by atoms with Gasteiger partial charge in [0, 0.05) is 25.3 Å². The van der Waals surface area contributed by atoms with Gasteiger partial charge in [0.25, 0.3) is 0 Å². The molecule has 128 valence electrons. The molecule has 0 fully saturated rings. The number of aromatic nitrogens is 2. The van der Waals surface area contributed by atoms with E-state index in [0.29, 0.717) is 6.54 Å². The molecule has 1 rings (SSSR count). The number of carbonyl (C=O) groups excluding carboxylic acids is 1. The number of amides is 1. The number of nitrogens with zero attached hydrogens (tertiary/aromatic N) is 2. The van der Waals surface area contributed by atoms with Gasteiger partial charge in [-0.15, -0.1) is 12.4 Å². The van der Waals surface area contributed by atoms with Gasteiger partial charge in [0.1, 0.15) is 4.90 Å². The summed E-state index contributed by atoms with van der Waals surface area (Å²) in [4.78, 5) is 11.7. The molecule has 0 bridgehead atoms. The highest BCUT2D eigenvalue weighted by Gasteiger charge is 2.22. The fourth-order valence-electron chi connectivity index (χ4n) is 1.62. The Hall–Kier alpha value is -1.16. The lowest BCUT2D eigenvalue weighted by molar-refractivity contribution is -0.120. The molecule has 8 nitrogen and oxygen atoms in total. The number of halogens is 1. The van der Waals surface area contributed by atoms with Crippen LogP contribution >= 0.6 is 12.4 Å². The number of nitrogens with two attached hydrogens (primary N) is 1.